The lowest BCUT2D eigenvalue weighted by atomic mass is 10.2. The smallest absolute Gasteiger partial charge is 0.341 e. The number of rotatable bonds is 1. The van der Waals surface area contributed by atoms with Gasteiger partial charge in [-0.3, -0.25) is 0 Å². The summed E-state index contributed by atoms with van der Waals surface area (Å²) in [5.41, 5.74) is 5.09. The summed E-state index contributed by atoms with van der Waals surface area (Å²) in [5.74, 6) is 0.353. The minimum absolute atomic E-state index is 0.0812. The molecule has 0 amide bonds. The molecule has 6 heteroatoms. The highest BCUT2D eigenvalue weighted by atomic mass is 19.4. The average Bonchev–Trinajstić information content (AvgIpc) is 2.58. The predicted octanol–water partition coefficient (Wildman–Crippen LogP) is 2.60. The van der Waals surface area contributed by atoms with Crippen LogP contribution in [0, 0.1) is 0 Å². The lowest BCUT2D eigenvalue weighted by molar-refractivity contribution is -0.136. The van der Waals surface area contributed by atoms with E-state index in [4.69, 9.17) is 5.73 Å². The number of imidazole rings is 1. The van der Waals surface area contributed by atoms with Gasteiger partial charge in [-0.1, -0.05) is 6.07 Å². The number of benzene rings is 1. The third-order valence-corrected chi connectivity index (χ3v) is 2.27. The summed E-state index contributed by atoms with van der Waals surface area (Å²) >= 11 is 0. The van der Waals surface area contributed by atoms with Crippen LogP contribution >= 0.6 is 0 Å². The normalized spacial score (nSPS) is 14.3. The summed E-state index contributed by atoms with van der Waals surface area (Å²) in [6, 6.07) is 3.47. The Morgan fingerprint density at radius 3 is 2.62 bits per heavy atom. The Morgan fingerprint density at radius 1 is 1.38 bits per heavy atom. The number of aromatic nitrogens is 2. The summed E-state index contributed by atoms with van der Waals surface area (Å²) < 4.78 is 37.9. The van der Waals surface area contributed by atoms with Gasteiger partial charge >= 0.3 is 6.18 Å². The second-order valence-corrected chi connectivity index (χ2v) is 3.61. The van der Waals surface area contributed by atoms with Gasteiger partial charge in [-0.25, -0.2) is 4.98 Å². The van der Waals surface area contributed by atoms with Crippen molar-refractivity contribution in [1.82, 2.24) is 9.97 Å². The Kier molecular flexibility index (Phi) is 2.38. The van der Waals surface area contributed by atoms with E-state index in [-0.39, 0.29) is 5.52 Å². The number of nitrogens with two attached hydrogens (primary N) is 1. The van der Waals surface area contributed by atoms with Crippen LogP contribution in [-0.4, -0.2) is 9.97 Å². The van der Waals surface area contributed by atoms with Gasteiger partial charge in [0.25, 0.3) is 0 Å². The van der Waals surface area contributed by atoms with Gasteiger partial charge in [0.15, 0.2) is 0 Å². The molecule has 0 fully saturated rings. The maximum atomic E-state index is 12.6. The number of alkyl halides is 3. The quantitative estimate of drug-likeness (QED) is 0.789. The highest BCUT2D eigenvalue weighted by molar-refractivity contribution is 5.79. The summed E-state index contributed by atoms with van der Waals surface area (Å²) in [7, 11) is 0. The molecule has 0 aliphatic rings. The molecule has 0 spiro atoms. The van der Waals surface area contributed by atoms with Crippen LogP contribution in [0.2, 0.25) is 0 Å². The predicted molar refractivity (Wildman–Crippen MR) is 53.7 cm³/mol. The maximum Gasteiger partial charge on any atom is 0.418 e. The number of hydrogen-bond donors (Lipinski definition) is 2. The fourth-order valence-electron chi connectivity index (χ4n) is 1.50. The zero-order valence-corrected chi connectivity index (χ0v) is 8.47. The van der Waals surface area contributed by atoms with E-state index in [2.05, 4.69) is 9.97 Å². The van der Waals surface area contributed by atoms with Crippen molar-refractivity contribution in [2.75, 3.05) is 0 Å². The van der Waals surface area contributed by atoms with E-state index in [1.807, 2.05) is 0 Å². The molecular weight excluding hydrogens is 219 g/mol. The fraction of sp³-hybridized carbons (Fsp3) is 0.300. The first-order valence-electron chi connectivity index (χ1n) is 4.71. The lowest BCUT2D eigenvalue weighted by Gasteiger charge is -2.06. The van der Waals surface area contributed by atoms with Crippen molar-refractivity contribution in [3.8, 4) is 0 Å². The van der Waals surface area contributed by atoms with E-state index in [9.17, 15) is 13.2 Å². The first kappa shape index (κ1) is 10.9. The molecule has 1 heterocycles. The second-order valence-electron chi connectivity index (χ2n) is 3.61. The highest BCUT2D eigenvalue weighted by Crippen LogP contribution is 2.33. The second kappa shape index (κ2) is 3.48. The van der Waals surface area contributed by atoms with E-state index < -0.39 is 17.8 Å². The molecule has 1 atom stereocenters. The number of hydrogen-bond acceptors (Lipinski definition) is 2. The largest absolute Gasteiger partial charge is 0.418 e. The molecule has 0 aliphatic heterocycles. The Morgan fingerprint density at radius 2 is 2.06 bits per heavy atom. The van der Waals surface area contributed by atoms with E-state index >= 15 is 0 Å². The maximum absolute atomic E-state index is 12.6. The molecule has 2 rings (SSSR count). The van der Waals surface area contributed by atoms with Crippen molar-refractivity contribution < 1.29 is 13.2 Å². The van der Waals surface area contributed by atoms with Crippen LogP contribution in [0.15, 0.2) is 18.2 Å². The first-order chi connectivity index (χ1) is 7.39. The van der Waals surface area contributed by atoms with Gasteiger partial charge < -0.3 is 10.7 Å². The van der Waals surface area contributed by atoms with Crippen molar-refractivity contribution in [2.24, 2.45) is 5.73 Å². The number of halogens is 3. The summed E-state index contributed by atoms with van der Waals surface area (Å²) in [6.45, 7) is 1.66. The lowest BCUT2D eigenvalue weighted by Crippen LogP contribution is -2.07. The Hall–Kier alpha value is -1.56. The number of nitrogens with zero attached hydrogens (tertiary/aromatic N) is 1. The molecule has 3 nitrogen and oxygen atoms in total. The molecule has 0 aliphatic carbocycles. The number of nitrogens with one attached hydrogen (secondary N) is 1. The minimum atomic E-state index is -4.40. The summed E-state index contributed by atoms with van der Waals surface area (Å²) in [4.78, 5) is 6.65. The summed E-state index contributed by atoms with van der Waals surface area (Å²) in [5, 5.41) is 0. The van der Waals surface area contributed by atoms with Gasteiger partial charge in [0, 0.05) is 0 Å². The van der Waals surface area contributed by atoms with Gasteiger partial charge in [0.05, 0.1) is 17.1 Å². The zero-order chi connectivity index (χ0) is 11.9. The van der Waals surface area contributed by atoms with Crippen LogP contribution in [0.1, 0.15) is 24.4 Å². The Bertz CT molecular complexity index is 513. The van der Waals surface area contributed by atoms with Crippen molar-refractivity contribution >= 4 is 11.0 Å². The highest BCUT2D eigenvalue weighted by Gasteiger charge is 2.33. The molecule has 0 saturated carbocycles. The molecule has 1 aromatic carbocycles. The Labute approximate surface area is 89.5 Å². The van der Waals surface area contributed by atoms with Gasteiger partial charge in [-0.2, -0.15) is 13.2 Å². The van der Waals surface area contributed by atoms with Gasteiger partial charge in [-0.05, 0) is 19.1 Å². The first-order valence-corrected chi connectivity index (χ1v) is 4.71. The standard InChI is InChI=1S/C10H10F3N3/c1-5(14)9-15-7-4-2-3-6(8(7)16-9)10(11,12)13/h2-5H,14H2,1H3,(H,15,16). The van der Waals surface area contributed by atoms with Gasteiger partial charge in [0.1, 0.15) is 11.3 Å². The van der Waals surface area contributed by atoms with Crippen LogP contribution in [0.5, 0.6) is 0 Å². The molecule has 2 aromatic rings. The van der Waals surface area contributed by atoms with Crippen molar-refractivity contribution in [2.45, 2.75) is 19.1 Å². The van der Waals surface area contributed by atoms with Crippen LogP contribution < -0.4 is 5.73 Å². The molecule has 0 radical (unpaired) electrons. The van der Waals surface area contributed by atoms with Crippen molar-refractivity contribution in [3.05, 3.63) is 29.6 Å². The third-order valence-electron chi connectivity index (χ3n) is 2.27. The molecule has 0 saturated heterocycles. The van der Waals surface area contributed by atoms with Crippen molar-refractivity contribution in [3.63, 3.8) is 0 Å². The molecule has 1 unspecified atom stereocenters. The van der Waals surface area contributed by atoms with E-state index in [0.717, 1.165) is 6.07 Å². The molecule has 1 aromatic heterocycles. The topological polar surface area (TPSA) is 54.7 Å². The minimum Gasteiger partial charge on any atom is -0.341 e. The number of H-pyrrole nitrogens is 1. The molecular formula is C10H10F3N3. The number of para-hydroxylation sites is 1. The van der Waals surface area contributed by atoms with Crippen molar-refractivity contribution in [1.29, 1.82) is 0 Å². The SMILES string of the molecule is CC(N)c1nc2c(C(F)(F)F)cccc2[nH]1. The van der Waals surface area contributed by atoms with Gasteiger partial charge in [-0.15, -0.1) is 0 Å². The fourth-order valence-corrected chi connectivity index (χ4v) is 1.50. The van der Waals surface area contributed by atoms with Crippen LogP contribution in [0.3, 0.4) is 0 Å². The summed E-state index contributed by atoms with van der Waals surface area (Å²) in [6.07, 6.45) is -4.40. The zero-order valence-electron chi connectivity index (χ0n) is 8.47. The van der Waals surface area contributed by atoms with Crippen LogP contribution in [0.25, 0.3) is 11.0 Å². The van der Waals surface area contributed by atoms with E-state index in [1.54, 1.807) is 13.0 Å². The Balaban J connectivity index is 2.68. The molecule has 86 valence electrons. The van der Waals surface area contributed by atoms with E-state index in [0.29, 0.717) is 11.3 Å². The molecule has 0 bridgehead atoms. The molecule has 16 heavy (non-hydrogen) atoms. The molecule has 3 N–H and O–H groups in total. The number of fused-ring (bicyclic) bond motifs is 1. The monoisotopic (exact) mass is 229 g/mol. The van der Waals surface area contributed by atoms with Crippen LogP contribution in [0.4, 0.5) is 13.2 Å². The third kappa shape index (κ3) is 1.76. The average molecular weight is 229 g/mol. The number of aromatic amines is 1. The van der Waals surface area contributed by atoms with Crippen LogP contribution in [-0.2, 0) is 6.18 Å². The van der Waals surface area contributed by atoms with E-state index in [1.165, 1.54) is 6.07 Å². The van der Waals surface area contributed by atoms with Gasteiger partial charge in [0.2, 0.25) is 0 Å².